The summed E-state index contributed by atoms with van der Waals surface area (Å²) in [5.41, 5.74) is 8.33. The number of nitrogens with zero attached hydrogens (tertiary/aromatic N) is 1. The van der Waals surface area contributed by atoms with E-state index in [1.807, 2.05) is 59.8 Å². The Balaban J connectivity index is 2.22. The van der Waals surface area contributed by atoms with Crippen LogP contribution in [0.4, 0.5) is 0 Å². The lowest BCUT2D eigenvalue weighted by atomic mass is 9.88. The molecule has 2 heterocycles. The maximum atomic E-state index is 5.98. The van der Waals surface area contributed by atoms with E-state index in [-0.39, 0.29) is 24.4 Å². The van der Waals surface area contributed by atoms with Crippen LogP contribution in [0.5, 0.6) is 0 Å². The van der Waals surface area contributed by atoms with Crippen molar-refractivity contribution >= 4 is 13.2 Å². The van der Waals surface area contributed by atoms with Gasteiger partial charge in [-0.05, 0) is 58.7 Å². The lowest BCUT2D eigenvalue weighted by Gasteiger charge is -2.32. The second-order valence-corrected chi connectivity index (χ2v) is 6.76. The first-order valence-corrected chi connectivity index (χ1v) is 7.38. The molecule has 21 heavy (non-hydrogen) atoms. The topological polar surface area (TPSA) is 57.4 Å². The van der Waals surface area contributed by atoms with E-state index in [0.717, 1.165) is 16.8 Å². The minimum Gasteiger partial charge on any atom is -0.400 e. The molecule has 2 rings (SSSR count). The molecule has 0 radical (unpaired) electrons. The van der Waals surface area contributed by atoms with E-state index in [0.29, 0.717) is 0 Å². The summed E-state index contributed by atoms with van der Waals surface area (Å²) in [7, 11) is -0.351. The van der Waals surface area contributed by atoms with E-state index in [2.05, 4.69) is 11.1 Å². The van der Waals surface area contributed by atoms with Crippen molar-refractivity contribution in [2.45, 2.75) is 58.8 Å². The molecule has 1 saturated heterocycles. The first-order valence-electron chi connectivity index (χ1n) is 7.38. The number of nitrogens with two attached hydrogens (primary N) is 1. The predicted octanol–water partition coefficient (Wildman–Crippen LogP) is 3.05. The quantitative estimate of drug-likeness (QED) is 0.868. The number of aryl methyl sites for hydroxylation is 1. The second-order valence-electron chi connectivity index (χ2n) is 6.76. The molecule has 5 heteroatoms. The smallest absolute Gasteiger partial charge is 0.400 e. The SMILES string of the molecule is Cc1cnc([C@H](C)N)c(/C=C/B2OC(C)(C)C(C)(C)O2)c1. The van der Waals surface area contributed by atoms with Gasteiger partial charge in [0.25, 0.3) is 0 Å². The van der Waals surface area contributed by atoms with E-state index < -0.39 is 0 Å². The average Bonchev–Trinajstić information content (AvgIpc) is 2.55. The number of hydrogen-bond donors (Lipinski definition) is 1. The highest BCUT2D eigenvalue weighted by molar-refractivity contribution is 6.52. The van der Waals surface area contributed by atoms with Gasteiger partial charge in [0.15, 0.2) is 0 Å². The first kappa shape index (κ1) is 16.2. The van der Waals surface area contributed by atoms with Gasteiger partial charge in [-0.2, -0.15) is 0 Å². The maximum absolute atomic E-state index is 5.98. The van der Waals surface area contributed by atoms with Crippen molar-refractivity contribution in [3.63, 3.8) is 0 Å². The highest BCUT2D eigenvalue weighted by atomic mass is 16.7. The van der Waals surface area contributed by atoms with Crippen molar-refractivity contribution in [3.05, 3.63) is 35.1 Å². The van der Waals surface area contributed by atoms with E-state index >= 15 is 0 Å². The maximum Gasteiger partial charge on any atom is 0.487 e. The summed E-state index contributed by atoms with van der Waals surface area (Å²) in [4.78, 5) is 4.42. The van der Waals surface area contributed by atoms with Crippen LogP contribution >= 0.6 is 0 Å². The molecule has 1 aliphatic rings. The van der Waals surface area contributed by atoms with E-state index in [1.54, 1.807) is 0 Å². The molecule has 1 fully saturated rings. The van der Waals surface area contributed by atoms with E-state index in [9.17, 15) is 0 Å². The number of aromatic nitrogens is 1. The number of hydrogen-bond acceptors (Lipinski definition) is 4. The largest absolute Gasteiger partial charge is 0.487 e. The summed E-state index contributed by atoms with van der Waals surface area (Å²) in [6.45, 7) is 12.1. The standard InChI is InChI=1S/C16H25BN2O2/c1-11-9-13(14(12(2)18)19-10-11)7-8-17-20-15(3,4)16(5,6)21-17/h7-10,12H,18H2,1-6H3/b8-7+/t12-/m0/s1. The second kappa shape index (κ2) is 5.56. The molecule has 0 aliphatic carbocycles. The van der Waals surface area contributed by atoms with Gasteiger partial charge in [-0.15, -0.1) is 0 Å². The third-order valence-electron chi connectivity index (χ3n) is 4.22. The van der Waals surface area contributed by atoms with Crippen LogP contribution < -0.4 is 5.73 Å². The Labute approximate surface area is 127 Å². The summed E-state index contributed by atoms with van der Waals surface area (Å²) < 4.78 is 11.9. The lowest BCUT2D eigenvalue weighted by Crippen LogP contribution is -2.41. The van der Waals surface area contributed by atoms with Crippen LogP contribution in [0.2, 0.25) is 0 Å². The Hall–Kier alpha value is -1.17. The molecule has 0 bridgehead atoms. The Morgan fingerprint density at radius 2 is 1.81 bits per heavy atom. The average molecular weight is 288 g/mol. The fraction of sp³-hybridized carbons (Fsp3) is 0.562. The fourth-order valence-electron chi connectivity index (χ4n) is 2.27. The molecule has 4 nitrogen and oxygen atoms in total. The molecular weight excluding hydrogens is 263 g/mol. The predicted molar refractivity (Wildman–Crippen MR) is 86.7 cm³/mol. The van der Waals surface area contributed by atoms with Crippen LogP contribution in [0, 0.1) is 6.92 Å². The van der Waals surface area contributed by atoms with Crippen molar-refractivity contribution in [3.8, 4) is 0 Å². The molecule has 0 unspecified atom stereocenters. The minimum absolute atomic E-state index is 0.108. The Kier molecular flexibility index (Phi) is 4.29. The van der Waals surface area contributed by atoms with Gasteiger partial charge in [-0.25, -0.2) is 0 Å². The van der Waals surface area contributed by atoms with Crippen LogP contribution in [-0.4, -0.2) is 23.3 Å². The molecule has 0 amide bonds. The third kappa shape index (κ3) is 3.36. The molecule has 2 N–H and O–H groups in total. The fourth-order valence-corrected chi connectivity index (χ4v) is 2.27. The molecule has 1 aliphatic heterocycles. The summed E-state index contributed by atoms with van der Waals surface area (Å²) in [6, 6.07) is 1.97. The summed E-state index contributed by atoms with van der Waals surface area (Å²) >= 11 is 0. The molecule has 0 aromatic carbocycles. The Morgan fingerprint density at radius 1 is 1.24 bits per heavy atom. The summed E-state index contributed by atoms with van der Waals surface area (Å²) in [5.74, 6) is 1.93. The van der Waals surface area contributed by atoms with Crippen LogP contribution in [0.15, 0.2) is 18.2 Å². The van der Waals surface area contributed by atoms with Gasteiger partial charge in [0, 0.05) is 12.2 Å². The molecule has 1 atom stereocenters. The van der Waals surface area contributed by atoms with Gasteiger partial charge in [-0.1, -0.05) is 12.1 Å². The van der Waals surface area contributed by atoms with Gasteiger partial charge >= 0.3 is 7.12 Å². The van der Waals surface area contributed by atoms with Gasteiger partial charge < -0.3 is 15.0 Å². The Bertz CT molecular complexity index is 537. The number of rotatable bonds is 3. The van der Waals surface area contributed by atoms with Gasteiger partial charge in [0.2, 0.25) is 0 Å². The normalized spacial score (nSPS) is 22.0. The van der Waals surface area contributed by atoms with Crippen LogP contribution in [0.3, 0.4) is 0 Å². The molecule has 0 spiro atoms. The lowest BCUT2D eigenvalue weighted by molar-refractivity contribution is 0.00578. The zero-order valence-corrected chi connectivity index (χ0v) is 13.8. The van der Waals surface area contributed by atoms with Gasteiger partial charge in [-0.3, -0.25) is 4.98 Å². The van der Waals surface area contributed by atoms with Crippen molar-refractivity contribution in [2.75, 3.05) is 0 Å². The zero-order valence-electron chi connectivity index (χ0n) is 13.8. The monoisotopic (exact) mass is 288 g/mol. The molecule has 0 saturated carbocycles. The summed E-state index contributed by atoms with van der Waals surface area (Å²) in [6.07, 6.45) is 3.83. The number of pyridine rings is 1. The van der Waals surface area contributed by atoms with Crippen LogP contribution in [0.25, 0.3) is 6.08 Å². The van der Waals surface area contributed by atoms with Crippen molar-refractivity contribution in [2.24, 2.45) is 5.73 Å². The third-order valence-corrected chi connectivity index (χ3v) is 4.22. The van der Waals surface area contributed by atoms with Crippen molar-refractivity contribution in [1.29, 1.82) is 0 Å². The van der Waals surface area contributed by atoms with Gasteiger partial charge in [0.05, 0.1) is 16.9 Å². The zero-order chi connectivity index (χ0) is 15.8. The molecular formula is C16H25BN2O2. The summed E-state index contributed by atoms with van der Waals surface area (Å²) in [5, 5.41) is 0. The van der Waals surface area contributed by atoms with Crippen molar-refractivity contribution < 1.29 is 9.31 Å². The first-order chi connectivity index (χ1) is 9.62. The highest BCUT2D eigenvalue weighted by Gasteiger charge is 2.50. The Morgan fingerprint density at radius 3 is 2.33 bits per heavy atom. The van der Waals surface area contributed by atoms with E-state index in [4.69, 9.17) is 15.0 Å². The molecule has 1 aromatic rings. The molecule has 114 valence electrons. The highest BCUT2D eigenvalue weighted by Crippen LogP contribution is 2.37. The van der Waals surface area contributed by atoms with Crippen LogP contribution in [-0.2, 0) is 9.31 Å². The van der Waals surface area contributed by atoms with Crippen LogP contribution in [0.1, 0.15) is 57.5 Å². The van der Waals surface area contributed by atoms with E-state index in [1.165, 1.54) is 0 Å². The molecule has 1 aromatic heterocycles. The van der Waals surface area contributed by atoms with Gasteiger partial charge in [0.1, 0.15) is 0 Å². The minimum atomic E-state index is -0.351. The van der Waals surface area contributed by atoms with Crippen molar-refractivity contribution in [1.82, 2.24) is 4.98 Å².